The van der Waals surface area contributed by atoms with Gasteiger partial charge < -0.3 is 16.0 Å². The van der Waals surface area contributed by atoms with Crippen molar-refractivity contribution in [1.82, 2.24) is 10.3 Å². The molecule has 3 N–H and O–H groups in total. The molecular formula is C29H26N4O3S2. The Morgan fingerprint density at radius 1 is 0.947 bits per heavy atom. The Kier molecular flexibility index (Phi) is 9.44. The van der Waals surface area contributed by atoms with Gasteiger partial charge >= 0.3 is 0 Å². The summed E-state index contributed by atoms with van der Waals surface area (Å²) in [6.07, 6.45) is 3.88. The molecule has 0 bridgehead atoms. The highest BCUT2D eigenvalue weighted by Crippen LogP contribution is 2.28. The first-order chi connectivity index (χ1) is 18.5. The third kappa shape index (κ3) is 7.64. The third-order valence-electron chi connectivity index (χ3n) is 5.31. The molecule has 2 aromatic carbocycles. The topological polar surface area (TPSA) is 100 Å². The molecular weight excluding hydrogens is 516 g/mol. The number of thioether (sulfide) groups is 1. The van der Waals surface area contributed by atoms with E-state index in [9.17, 15) is 14.4 Å². The summed E-state index contributed by atoms with van der Waals surface area (Å²) >= 11 is 2.86. The van der Waals surface area contributed by atoms with Gasteiger partial charge in [-0.2, -0.15) is 0 Å². The van der Waals surface area contributed by atoms with Crippen LogP contribution in [-0.2, 0) is 9.59 Å². The summed E-state index contributed by atoms with van der Waals surface area (Å²) in [5.74, 6) is -0.474. The molecule has 4 rings (SSSR count). The number of nitrogens with zero attached hydrogens (tertiary/aromatic N) is 1. The van der Waals surface area contributed by atoms with E-state index < -0.39 is 5.91 Å². The fraction of sp³-hybridized carbons (Fsp3) is 0.103. The van der Waals surface area contributed by atoms with Crippen LogP contribution in [0.2, 0.25) is 0 Å². The molecule has 3 amide bonds. The number of hydrogen-bond acceptors (Lipinski definition) is 6. The van der Waals surface area contributed by atoms with Gasteiger partial charge in [0.05, 0.1) is 5.25 Å². The van der Waals surface area contributed by atoms with Gasteiger partial charge in [-0.1, -0.05) is 43.3 Å². The van der Waals surface area contributed by atoms with Crippen LogP contribution in [0, 0.1) is 0 Å². The van der Waals surface area contributed by atoms with Crippen molar-refractivity contribution < 1.29 is 14.4 Å². The fourth-order valence-electron chi connectivity index (χ4n) is 3.43. The van der Waals surface area contributed by atoms with E-state index in [0.29, 0.717) is 23.5 Å². The molecule has 0 fully saturated rings. The predicted octanol–water partition coefficient (Wildman–Crippen LogP) is 6.06. The van der Waals surface area contributed by atoms with Crippen LogP contribution >= 0.6 is 23.1 Å². The van der Waals surface area contributed by atoms with Crippen LogP contribution in [0.25, 0.3) is 6.08 Å². The van der Waals surface area contributed by atoms with Crippen LogP contribution in [0.4, 0.5) is 11.5 Å². The summed E-state index contributed by atoms with van der Waals surface area (Å²) in [5.41, 5.74) is 1.12. The lowest BCUT2D eigenvalue weighted by molar-refractivity contribution is -0.116. The summed E-state index contributed by atoms with van der Waals surface area (Å²) < 4.78 is 0. The number of anilines is 2. The molecule has 38 heavy (non-hydrogen) atoms. The summed E-state index contributed by atoms with van der Waals surface area (Å²) in [5, 5.41) is 10.0. The quantitative estimate of drug-likeness (QED) is 0.167. The van der Waals surface area contributed by atoms with Crippen LogP contribution < -0.4 is 16.0 Å². The largest absolute Gasteiger partial charge is 0.321 e. The second-order valence-corrected chi connectivity index (χ2v) is 10.3. The number of carbonyl (C=O) groups is 3. The van der Waals surface area contributed by atoms with E-state index >= 15 is 0 Å². The summed E-state index contributed by atoms with van der Waals surface area (Å²) in [7, 11) is 0. The second-order valence-electron chi connectivity index (χ2n) is 8.09. The van der Waals surface area contributed by atoms with Gasteiger partial charge in [0.15, 0.2) is 0 Å². The molecule has 1 unspecified atom stereocenters. The summed E-state index contributed by atoms with van der Waals surface area (Å²) in [4.78, 5) is 44.6. The van der Waals surface area contributed by atoms with Gasteiger partial charge in [0.2, 0.25) is 5.91 Å². The minimum atomic E-state index is -0.454. The number of thiophene rings is 1. The number of aromatic nitrogens is 1. The minimum Gasteiger partial charge on any atom is -0.321 e. The first-order valence-electron chi connectivity index (χ1n) is 11.9. The van der Waals surface area contributed by atoms with E-state index in [1.54, 1.807) is 60.8 Å². The number of pyridine rings is 1. The van der Waals surface area contributed by atoms with Crippen molar-refractivity contribution in [2.45, 2.75) is 23.5 Å². The highest BCUT2D eigenvalue weighted by atomic mass is 32.2. The molecule has 0 aliphatic carbocycles. The van der Waals surface area contributed by atoms with Crippen LogP contribution in [-0.4, -0.2) is 28.0 Å². The van der Waals surface area contributed by atoms with Crippen LogP contribution in [0.5, 0.6) is 0 Å². The van der Waals surface area contributed by atoms with E-state index in [2.05, 4.69) is 20.9 Å². The number of rotatable bonds is 10. The van der Waals surface area contributed by atoms with E-state index in [4.69, 9.17) is 0 Å². The molecule has 0 aliphatic rings. The molecule has 1 atom stereocenters. The molecule has 4 aromatic rings. The van der Waals surface area contributed by atoms with Crippen molar-refractivity contribution in [3.8, 4) is 0 Å². The van der Waals surface area contributed by atoms with E-state index in [1.807, 2.05) is 48.7 Å². The number of nitrogens with one attached hydrogen (secondary N) is 3. The molecule has 0 saturated carbocycles. The van der Waals surface area contributed by atoms with Gasteiger partial charge in [-0.05, 0) is 66.4 Å². The maximum atomic E-state index is 13.2. The van der Waals surface area contributed by atoms with Crippen molar-refractivity contribution in [2.75, 3.05) is 10.6 Å². The van der Waals surface area contributed by atoms with Gasteiger partial charge in [0.25, 0.3) is 11.8 Å². The Morgan fingerprint density at radius 3 is 2.47 bits per heavy atom. The number of amides is 3. The lowest BCUT2D eigenvalue weighted by Crippen LogP contribution is -2.30. The third-order valence-corrected chi connectivity index (χ3v) is 7.49. The first-order valence-corrected chi connectivity index (χ1v) is 13.7. The Labute approximate surface area is 229 Å². The molecule has 2 aromatic heterocycles. The van der Waals surface area contributed by atoms with Gasteiger partial charge in [-0.25, -0.2) is 4.98 Å². The first kappa shape index (κ1) is 26.8. The molecule has 192 valence electrons. The van der Waals surface area contributed by atoms with Gasteiger partial charge in [-0.3, -0.25) is 14.4 Å². The van der Waals surface area contributed by atoms with Crippen LogP contribution in [0.1, 0.15) is 28.6 Å². The SMILES string of the molecule is CCC(Sc1cccc(NC(=O)/C(=C/c2cccs2)NC(=O)c2ccccc2)c1)C(=O)Nc1ccccn1. The molecule has 0 radical (unpaired) electrons. The molecule has 7 nitrogen and oxygen atoms in total. The minimum absolute atomic E-state index is 0.125. The summed E-state index contributed by atoms with van der Waals surface area (Å²) in [6.45, 7) is 1.94. The lowest BCUT2D eigenvalue weighted by atomic mass is 10.2. The van der Waals surface area contributed by atoms with Crippen molar-refractivity contribution in [3.05, 3.63) is 113 Å². The molecule has 2 heterocycles. The van der Waals surface area contributed by atoms with E-state index in [0.717, 1.165) is 9.77 Å². The van der Waals surface area contributed by atoms with Crippen molar-refractivity contribution in [1.29, 1.82) is 0 Å². The van der Waals surface area contributed by atoms with Crippen molar-refractivity contribution in [2.24, 2.45) is 0 Å². The Bertz CT molecular complexity index is 1410. The van der Waals surface area contributed by atoms with Gasteiger partial charge in [0, 0.05) is 27.2 Å². The molecule has 0 spiro atoms. The van der Waals surface area contributed by atoms with Gasteiger partial charge in [-0.15, -0.1) is 23.1 Å². The van der Waals surface area contributed by atoms with E-state index in [1.165, 1.54) is 23.1 Å². The maximum absolute atomic E-state index is 13.2. The standard InChI is InChI=1S/C29H26N4O3S2/c1-2-25(29(36)33-26-15-6-7-16-30-26)38-23-13-8-12-21(18-23)31-28(35)24(19-22-14-9-17-37-22)32-27(34)20-10-4-3-5-11-20/h3-19,25H,2H2,1H3,(H,31,35)(H,32,34)(H,30,33,36)/b24-19-. The van der Waals surface area contributed by atoms with Crippen molar-refractivity contribution >= 4 is 58.4 Å². The summed E-state index contributed by atoms with van der Waals surface area (Å²) in [6, 6.07) is 25.1. The van der Waals surface area contributed by atoms with Crippen molar-refractivity contribution in [3.63, 3.8) is 0 Å². The number of hydrogen-bond donors (Lipinski definition) is 3. The van der Waals surface area contributed by atoms with E-state index in [-0.39, 0.29) is 22.8 Å². The zero-order valence-electron chi connectivity index (χ0n) is 20.6. The maximum Gasteiger partial charge on any atom is 0.272 e. The molecule has 9 heteroatoms. The highest BCUT2D eigenvalue weighted by Gasteiger charge is 2.19. The Hall–Kier alpha value is -4.21. The van der Waals surface area contributed by atoms with Crippen LogP contribution in [0.15, 0.2) is 107 Å². The molecule has 0 aliphatic heterocycles. The molecule has 0 saturated heterocycles. The predicted molar refractivity (Wildman–Crippen MR) is 154 cm³/mol. The average molecular weight is 543 g/mol. The highest BCUT2D eigenvalue weighted by molar-refractivity contribution is 8.00. The Morgan fingerprint density at radius 2 is 1.76 bits per heavy atom. The zero-order valence-corrected chi connectivity index (χ0v) is 22.2. The lowest BCUT2D eigenvalue weighted by Gasteiger charge is -2.15. The number of carbonyl (C=O) groups excluding carboxylic acids is 3. The average Bonchev–Trinajstić information content (AvgIpc) is 3.46. The monoisotopic (exact) mass is 542 g/mol. The zero-order chi connectivity index (χ0) is 26.7. The Balaban J connectivity index is 1.46. The second kappa shape index (κ2) is 13.4. The number of benzene rings is 2. The smallest absolute Gasteiger partial charge is 0.272 e. The van der Waals surface area contributed by atoms with Gasteiger partial charge in [0.1, 0.15) is 11.5 Å². The fourth-order valence-corrected chi connectivity index (χ4v) is 5.10. The van der Waals surface area contributed by atoms with Crippen LogP contribution in [0.3, 0.4) is 0 Å². The normalized spacial score (nSPS) is 11.9.